The molecule has 0 aromatic carbocycles. The molecule has 3 N–H and O–H groups in total. The Balaban J connectivity index is 1.77. The van der Waals surface area contributed by atoms with Gasteiger partial charge in [-0.2, -0.15) is 0 Å². The Morgan fingerprint density at radius 2 is 1.66 bits per heavy atom. The van der Waals surface area contributed by atoms with Crippen LogP contribution in [0.3, 0.4) is 0 Å². The smallest absolute Gasteiger partial charge is 0.410 e. The molecule has 11 nitrogen and oxygen atoms in total. The lowest BCUT2D eigenvalue weighted by Crippen LogP contribution is -2.53. The normalized spacial score (nSPS) is 20.1. The first-order valence-corrected chi connectivity index (χ1v) is 12.4. The molecule has 0 aliphatic carbocycles. The minimum absolute atomic E-state index is 0.000943. The number of rotatable bonds is 8. The van der Waals surface area contributed by atoms with Crippen molar-refractivity contribution in [3.05, 3.63) is 0 Å². The van der Waals surface area contributed by atoms with Gasteiger partial charge in [0.2, 0.25) is 17.7 Å². The van der Waals surface area contributed by atoms with Crippen LogP contribution in [0.5, 0.6) is 0 Å². The topological polar surface area (TPSA) is 145 Å². The second-order valence-corrected chi connectivity index (χ2v) is 10.5. The van der Waals surface area contributed by atoms with E-state index in [9.17, 15) is 24.0 Å². The van der Waals surface area contributed by atoms with E-state index in [0.717, 1.165) is 19.3 Å². The van der Waals surface area contributed by atoms with E-state index in [1.807, 2.05) is 20.8 Å². The zero-order chi connectivity index (χ0) is 26.2. The van der Waals surface area contributed by atoms with Crippen LogP contribution >= 0.6 is 0 Å². The van der Waals surface area contributed by atoms with Crippen molar-refractivity contribution < 1.29 is 33.8 Å². The fourth-order valence-corrected chi connectivity index (χ4v) is 4.48. The Morgan fingerprint density at radius 3 is 2.23 bits per heavy atom. The number of likely N-dealkylation sites (tertiary alicyclic amines) is 2. The summed E-state index contributed by atoms with van der Waals surface area (Å²) < 4.78 is 5.42. The molecule has 2 heterocycles. The Bertz CT molecular complexity index is 771. The van der Waals surface area contributed by atoms with Gasteiger partial charge >= 0.3 is 12.1 Å². The van der Waals surface area contributed by atoms with E-state index < -0.39 is 36.0 Å². The number of amides is 4. The number of carbonyl (C=O) groups excluding carboxylic acids is 4. The third-order valence-electron chi connectivity index (χ3n) is 6.25. The number of carboxylic acid groups (broad SMARTS) is 1. The molecule has 2 aliphatic heterocycles. The average molecular weight is 497 g/mol. The fraction of sp³-hybridized carbons (Fsp3) is 0.792. The highest BCUT2D eigenvalue weighted by Crippen LogP contribution is 2.25. The van der Waals surface area contributed by atoms with Gasteiger partial charge in [0.15, 0.2) is 0 Å². The molecule has 0 aromatic heterocycles. The number of carboxylic acids is 1. The monoisotopic (exact) mass is 496 g/mol. The van der Waals surface area contributed by atoms with Crippen molar-refractivity contribution in [3.8, 4) is 0 Å². The fourth-order valence-electron chi connectivity index (χ4n) is 4.48. The van der Waals surface area contributed by atoms with Crippen LogP contribution < -0.4 is 10.6 Å². The molecule has 4 amide bonds. The highest BCUT2D eigenvalue weighted by molar-refractivity contribution is 5.83. The van der Waals surface area contributed by atoms with Crippen LogP contribution in [-0.2, 0) is 23.9 Å². The Labute approximate surface area is 206 Å². The van der Waals surface area contributed by atoms with E-state index >= 15 is 0 Å². The lowest BCUT2D eigenvalue weighted by atomic mass is 9.91. The summed E-state index contributed by atoms with van der Waals surface area (Å²) >= 11 is 0. The van der Waals surface area contributed by atoms with Gasteiger partial charge in [-0.25, -0.2) is 4.79 Å². The Morgan fingerprint density at radius 1 is 1.00 bits per heavy atom. The SMILES string of the molecule is CC(=O)N[C@@H](CC(=O)O)NC(=O)[C@H]1CCCN(C(=O)CCC2CCN(C(=O)OC(C)(C)C)CC2)C1. The van der Waals surface area contributed by atoms with Crippen LogP contribution in [0.15, 0.2) is 0 Å². The highest BCUT2D eigenvalue weighted by Gasteiger charge is 2.31. The summed E-state index contributed by atoms with van der Waals surface area (Å²) in [4.78, 5) is 63.5. The van der Waals surface area contributed by atoms with Crippen molar-refractivity contribution >= 4 is 29.8 Å². The molecule has 35 heavy (non-hydrogen) atoms. The predicted molar refractivity (Wildman–Crippen MR) is 127 cm³/mol. The lowest BCUT2D eigenvalue weighted by Gasteiger charge is -2.35. The van der Waals surface area contributed by atoms with Gasteiger partial charge < -0.3 is 30.3 Å². The first-order chi connectivity index (χ1) is 16.3. The molecule has 2 aliphatic rings. The standard InChI is InChI=1S/C24H40N4O7/c1-16(29)25-19(14-21(31)32)26-22(33)18-6-5-11-28(15-18)20(30)8-7-17-9-12-27(13-10-17)23(34)35-24(2,3)4/h17-19H,5-15H2,1-4H3,(H,25,29)(H,26,33)(H,31,32)/t18-,19+/m0/s1. The molecule has 2 rings (SSSR count). The van der Waals surface area contributed by atoms with Gasteiger partial charge in [0.05, 0.1) is 12.3 Å². The number of aliphatic carboxylic acids is 1. The number of ether oxygens (including phenoxy) is 1. The molecule has 198 valence electrons. The summed E-state index contributed by atoms with van der Waals surface area (Å²) in [6.45, 7) is 8.88. The van der Waals surface area contributed by atoms with Crippen molar-refractivity contribution in [2.24, 2.45) is 11.8 Å². The third-order valence-corrected chi connectivity index (χ3v) is 6.25. The Hall–Kier alpha value is -2.85. The van der Waals surface area contributed by atoms with Crippen molar-refractivity contribution in [3.63, 3.8) is 0 Å². The van der Waals surface area contributed by atoms with E-state index in [-0.39, 0.29) is 24.5 Å². The van der Waals surface area contributed by atoms with Gasteiger partial charge in [0.1, 0.15) is 11.8 Å². The number of piperidine rings is 2. The Kier molecular flexibility index (Phi) is 10.3. The van der Waals surface area contributed by atoms with Gasteiger partial charge in [0, 0.05) is 39.5 Å². The van der Waals surface area contributed by atoms with Gasteiger partial charge in [-0.1, -0.05) is 0 Å². The number of nitrogens with zero attached hydrogens (tertiary/aromatic N) is 2. The van der Waals surface area contributed by atoms with Gasteiger partial charge in [0.25, 0.3) is 0 Å². The van der Waals surface area contributed by atoms with E-state index in [1.54, 1.807) is 9.80 Å². The molecule has 2 atom stereocenters. The van der Waals surface area contributed by atoms with E-state index in [4.69, 9.17) is 9.84 Å². The van der Waals surface area contributed by atoms with Crippen molar-refractivity contribution in [2.75, 3.05) is 26.2 Å². The molecule has 0 radical (unpaired) electrons. The molecule has 0 spiro atoms. The van der Waals surface area contributed by atoms with Crippen molar-refractivity contribution in [1.82, 2.24) is 20.4 Å². The van der Waals surface area contributed by atoms with Gasteiger partial charge in [-0.05, 0) is 58.8 Å². The second-order valence-electron chi connectivity index (χ2n) is 10.5. The zero-order valence-corrected chi connectivity index (χ0v) is 21.3. The van der Waals surface area contributed by atoms with Crippen molar-refractivity contribution in [1.29, 1.82) is 0 Å². The maximum atomic E-state index is 12.8. The number of nitrogens with one attached hydrogen (secondary N) is 2. The van der Waals surface area contributed by atoms with Gasteiger partial charge in [-0.3, -0.25) is 19.2 Å². The van der Waals surface area contributed by atoms with Crippen LogP contribution in [0.1, 0.15) is 72.6 Å². The van der Waals surface area contributed by atoms with Crippen LogP contribution in [0, 0.1) is 11.8 Å². The summed E-state index contributed by atoms with van der Waals surface area (Å²) in [5, 5.41) is 14.0. The van der Waals surface area contributed by atoms with Crippen LogP contribution in [0.2, 0.25) is 0 Å². The van der Waals surface area contributed by atoms with E-state index in [1.165, 1.54) is 6.92 Å². The van der Waals surface area contributed by atoms with Gasteiger partial charge in [-0.15, -0.1) is 0 Å². The summed E-state index contributed by atoms with van der Waals surface area (Å²) in [7, 11) is 0. The van der Waals surface area contributed by atoms with Crippen LogP contribution in [-0.4, -0.2) is 82.6 Å². The molecule has 2 fully saturated rings. The largest absolute Gasteiger partial charge is 0.481 e. The van der Waals surface area contributed by atoms with Crippen molar-refractivity contribution in [2.45, 2.75) is 84.4 Å². The van der Waals surface area contributed by atoms with Crippen LogP contribution in [0.4, 0.5) is 4.79 Å². The first kappa shape index (κ1) is 28.4. The molecule has 2 saturated heterocycles. The first-order valence-electron chi connectivity index (χ1n) is 12.4. The molecular weight excluding hydrogens is 456 g/mol. The second kappa shape index (κ2) is 12.7. The minimum Gasteiger partial charge on any atom is -0.481 e. The van der Waals surface area contributed by atoms with E-state index in [2.05, 4.69) is 10.6 Å². The molecule has 0 aromatic rings. The molecular formula is C24H40N4O7. The number of hydrogen-bond acceptors (Lipinski definition) is 6. The maximum Gasteiger partial charge on any atom is 0.410 e. The highest BCUT2D eigenvalue weighted by atomic mass is 16.6. The summed E-state index contributed by atoms with van der Waals surface area (Å²) in [5.41, 5.74) is -0.523. The lowest BCUT2D eigenvalue weighted by molar-refractivity contribution is -0.138. The molecule has 0 unspecified atom stereocenters. The maximum absolute atomic E-state index is 12.8. The third kappa shape index (κ3) is 10.1. The van der Waals surface area contributed by atoms with E-state index in [0.29, 0.717) is 44.8 Å². The number of hydrogen-bond donors (Lipinski definition) is 3. The summed E-state index contributed by atoms with van der Waals surface area (Å²) in [5.74, 6) is -2.03. The molecule has 0 saturated carbocycles. The average Bonchev–Trinajstić information content (AvgIpc) is 2.75. The quantitative estimate of drug-likeness (QED) is 0.434. The minimum atomic E-state index is -1.14. The molecule has 0 bridgehead atoms. The predicted octanol–water partition coefficient (Wildman–Crippen LogP) is 1.71. The zero-order valence-electron chi connectivity index (χ0n) is 21.3. The van der Waals surface area contributed by atoms with Crippen LogP contribution in [0.25, 0.3) is 0 Å². The molecule has 11 heteroatoms. The summed E-state index contributed by atoms with van der Waals surface area (Å²) in [6, 6.07) is 0. The summed E-state index contributed by atoms with van der Waals surface area (Å²) in [6.07, 6.45) is 2.34. The number of carbonyl (C=O) groups is 5.